The van der Waals surface area contributed by atoms with Gasteiger partial charge in [0.2, 0.25) is 0 Å². The summed E-state index contributed by atoms with van der Waals surface area (Å²) in [6.07, 6.45) is 1.02. The maximum Gasteiger partial charge on any atom is 0.490 e. The molecule has 0 unspecified atom stereocenters. The first-order valence-corrected chi connectivity index (χ1v) is 4.07. The van der Waals surface area contributed by atoms with Crippen molar-refractivity contribution in [2.75, 3.05) is 7.11 Å². The minimum Gasteiger partial charge on any atom is -0.423 e. The molecule has 0 amide bonds. The molecule has 0 aliphatic heterocycles. The van der Waals surface area contributed by atoms with Gasteiger partial charge in [-0.1, -0.05) is 31.2 Å². The molecule has 0 saturated carbocycles. The third kappa shape index (κ3) is 2.09. The molecule has 12 heavy (non-hydrogen) atoms. The molecule has 3 heteroatoms. The van der Waals surface area contributed by atoms with Crippen LogP contribution in [0.4, 0.5) is 0 Å². The Labute approximate surface area is 73.3 Å². The largest absolute Gasteiger partial charge is 0.490 e. The number of rotatable bonds is 3. The summed E-state index contributed by atoms with van der Waals surface area (Å²) in [4.78, 5) is 0. The molecule has 1 rings (SSSR count). The summed E-state index contributed by atoms with van der Waals surface area (Å²) in [6.45, 7) is 2.10. The maximum absolute atomic E-state index is 9.27. The van der Waals surface area contributed by atoms with Gasteiger partial charge in [-0.05, 0) is 17.4 Å². The van der Waals surface area contributed by atoms with Crippen LogP contribution in [0.3, 0.4) is 0 Å². The van der Waals surface area contributed by atoms with Gasteiger partial charge in [-0.15, -0.1) is 0 Å². The van der Waals surface area contributed by atoms with E-state index < -0.39 is 7.12 Å². The Hall–Kier alpha value is -0.795. The van der Waals surface area contributed by atoms with Gasteiger partial charge >= 0.3 is 7.12 Å². The zero-order valence-corrected chi connectivity index (χ0v) is 7.45. The minimum atomic E-state index is -0.795. The monoisotopic (exact) mass is 164 g/mol. The van der Waals surface area contributed by atoms with Crippen molar-refractivity contribution in [1.82, 2.24) is 0 Å². The first-order chi connectivity index (χ1) is 5.77. The van der Waals surface area contributed by atoms with Crippen LogP contribution in [0.25, 0.3) is 0 Å². The van der Waals surface area contributed by atoms with E-state index in [0.29, 0.717) is 0 Å². The summed E-state index contributed by atoms with van der Waals surface area (Å²) in [5.74, 6) is 0. The summed E-state index contributed by atoms with van der Waals surface area (Å²) in [7, 11) is 0.689. The summed E-state index contributed by atoms with van der Waals surface area (Å²) in [5, 5.41) is 9.27. The molecular weight excluding hydrogens is 151 g/mol. The van der Waals surface area contributed by atoms with Crippen LogP contribution in [0, 0.1) is 0 Å². The second-order valence-corrected chi connectivity index (χ2v) is 2.68. The maximum atomic E-state index is 9.27. The van der Waals surface area contributed by atoms with Crippen LogP contribution in [-0.2, 0) is 11.1 Å². The molecule has 0 aromatic heterocycles. The van der Waals surface area contributed by atoms with Crippen LogP contribution in [0.15, 0.2) is 24.3 Å². The van der Waals surface area contributed by atoms with E-state index in [-0.39, 0.29) is 0 Å². The van der Waals surface area contributed by atoms with Crippen molar-refractivity contribution < 1.29 is 9.68 Å². The molecule has 0 saturated heterocycles. The van der Waals surface area contributed by atoms with Gasteiger partial charge in [0, 0.05) is 7.11 Å². The van der Waals surface area contributed by atoms with E-state index in [9.17, 15) is 5.02 Å². The lowest BCUT2D eigenvalue weighted by Crippen LogP contribution is -2.32. The summed E-state index contributed by atoms with van der Waals surface area (Å²) in [6, 6.07) is 7.76. The molecule has 0 spiro atoms. The van der Waals surface area contributed by atoms with Gasteiger partial charge in [0.1, 0.15) is 0 Å². The highest BCUT2D eigenvalue weighted by Gasteiger charge is 2.12. The number of hydrogen-bond acceptors (Lipinski definition) is 2. The standard InChI is InChI=1S/C9H13BO2/c1-3-8-4-6-9(7-5-8)10(11)12-2/h4-7,11H,3H2,1-2H3. The van der Waals surface area contributed by atoms with Gasteiger partial charge in [-0.3, -0.25) is 0 Å². The van der Waals surface area contributed by atoms with Gasteiger partial charge < -0.3 is 9.68 Å². The number of aryl methyl sites for hydroxylation is 1. The van der Waals surface area contributed by atoms with Crippen molar-refractivity contribution in [3.8, 4) is 0 Å². The van der Waals surface area contributed by atoms with E-state index in [1.54, 1.807) is 0 Å². The highest BCUT2D eigenvalue weighted by molar-refractivity contribution is 6.59. The first-order valence-electron chi connectivity index (χ1n) is 4.07. The zero-order chi connectivity index (χ0) is 8.97. The Morgan fingerprint density at radius 1 is 1.33 bits per heavy atom. The fourth-order valence-electron chi connectivity index (χ4n) is 1.05. The Bertz CT molecular complexity index is 233. The van der Waals surface area contributed by atoms with Crippen LogP contribution in [0.5, 0.6) is 0 Å². The second kappa shape index (κ2) is 4.29. The predicted molar refractivity (Wildman–Crippen MR) is 50.4 cm³/mol. The van der Waals surface area contributed by atoms with Crippen molar-refractivity contribution >= 4 is 12.6 Å². The highest BCUT2D eigenvalue weighted by Crippen LogP contribution is 1.97. The van der Waals surface area contributed by atoms with E-state index in [2.05, 4.69) is 6.92 Å². The molecule has 0 aliphatic rings. The van der Waals surface area contributed by atoms with Gasteiger partial charge in [0.15, 0.2) is 0 Å². The van der Waals surface area contributed by atoms with Gasteiger partial charge in [0.05, 0.1) is 0 Å². The summed E-state index contributed by atoms with van der Waals surface area (Å²) >= 11 is 0. The molecule has 64 valence electrons. The van der Waals surface area contributed by atoms with Crippen LogP contribution in [0.2, 0.25) is 0 Å². The molecule has 0 atom stereocenters. The fourth-order valence-corrected chi connectivity index (χ4v) is 1.05. The third-order valence-corrected chi connectivity index (χ3v) is 1.90. The number of hydrogen-bond donors (Lipinski definition) is 1. The van der Waals surface area contributed by atoms with E-state index in [1.165, 1.54) is 12.7 Å². The fraction of sp³-hybridized carbons (Fsp3) is 0.333. The molecule has 0 radical (unpaired) electrons. The molecular formula is C9H13BO2. The molecule has 1 N–H and O–H groups in total. The topological polar surface area (TPSA) is 29.5 Å². The minimum absolute atomic E-state index is 0.795. The van der Waals surface area contributed by atoms with Gasteiger partial charge in [-0.2, -0.15) is 0 Å². The Balaban J connectivity index is 2.77. The lowest BCUT2D eigenvalue weighted by molar-refractivity contribution is 0.341. The lowest BCUT2D eigenvalue weighted by Gasteiger charge is -2.03. The molecule has 1 aromatic carbocycles. The van der Waals surface area contributed by atoms with Gasteiger partial charge in [0.25, 0.3) is 0 Å². The quantitative estimate of drug-likeness (QED) is 0.662. The first kappa shape index (κ1) is 9.29. The Morgan fingerprint density at radius 2 is 1.92 bits per heavy atom. The predicted octanol–water partition coefficient (Wildman–Crippen LogP) is 0.583. The third-order valence-electron chi connectivity index (χ3n) is 1.90. The zero-order valence-electron chi connectivity index (χ0n) is 7.45. The molecule has 0 heterocycles. The molecule has 0 fully saturated rings. The molecule has 0 aliphatic carbocycles. The molecule has 0 bridgehead atoms. The Kier molecular flexibility index (Phi) is 3.32. The van der Waals surface area contributed by atoms with Crippen LogP contribution in [-0.4, -0.2) is 19.3 Å². The van der Waals surface area contributed by atoms with Crippen molar-refractivity contribution in [3.63, 3.8) is 0 Å². The van der Waals surface area contributed by atoms with Crippen LogP contribution < -0.4 is 5.46 Å². The lowest BCUT2D eigenvalue weighted by atomic mass is 9.79. The van der Waals surface area contributed by atoms with E-state index >= 15 is 0 Å². The Morgan fingerprint density at radius 3 is 2.33 bits per heavy atom. The van der Waals surface area contributed by atoms with Crippen molar-refractivity contribution in [2.45, 2.75) is 13.3 Å². The number of benzene rings is 1. The van der Waals surface area contributed by atoms with Crippen molar-refractivity contribution in [3.05, 3.63) is 29.8 Å². The van der Waals surface area contributed by atoms with Crippen LogP contribution >= 0.6 is 0 Å². The molecule has 2 nitrogen and oxygen atoms in total. The summed E-state index contributed by atoms with van der Waals surface area (Å²) < 4.78 is 4.77. The van der Waals surface area contributed by atoms with E-state index in [0.717, 1.165) is 11.9 Å². The van der Waals surface area contributed by atoms with Gasteiger partial charge in [-0.25, -0.2) is 0 Å². The average molecular weight is 164 g/mol. The van der Waals surface area contributed by atoms with Crippen LogP contribution in [0.1, 0.15) is 12.5 Å². The SMILES string of the molecule is CCc1ccc(B(O)OC)cc1. The second-order valence-electron chi connectivity index (χ2n) is 2.68. The normalized spacial score (nSPS) is 9.92. The molecule has 1 aromatic rings. The van der Waals surface area contributed by atoms with Crippen molar-refractivity contribution in [1.29, 1.82) is 0 Å². The van der Waals surface area contributed by atoms with E-state index in [1.807, 2.05) is 24.3 Å². The highest BCUT2D eigenvalue weighted by atomic mass is 16.5. The smallest absolute Gasteiger partial charge is 0.423 e. The van der Waals surface area contributed by atoms with Crippen molar-refractivity contribution in [2.24, 2.45) is 0 Å². The summed E-state index contributed by atoms with van der Waals surface area (Å²) in [5.41, 5.74) is 2.07. The average Bonchev–Trinajstić information content (AvgIpc) is 2.17. The van der Waals surface area contributed by atoms with E-state index in [4.69, 9.17) is 4.65 Å².